The SMILES string of the molecule is CCOc1cc(/C=C2\C(=O)NC(=O)N(c3ccccc3)C2=O)ccc1OS(=O)(=O)c1ccc(Cl)cc1. The van der Waals surface area contributed by atoms with Crippen LogP contribution in [0.15, 0.2) is 83.3 Å². The molecular weight excluding hydrogens is 508 g/mol. The molecule has 0 aliphatic carbocycles. The third-order valence-electron chi connectivity index (χ3n) is 5.00. The Bertz CT molecular complexity index is 1470. The number of hydrogen-bond acceptors (Lipinski definition) is 7. The van der Waals surface area contributed by atoms with Gasteiger partial charge in [0.25, 0.3) is 11.8 Å². The summed E-state index contributed by atoms with van der Waals surface area (Å²) in [6.45, 7) is 1.89. The Balaban J connectivity index is 1.67. The summed E-state index contributed by atoms with van der Waals surface area (Å²) < 4.78 is 36.2. The van der Waals surface area contributed by atoms with Crippen LogP contribution in [-0.4, -0.2) is 32.9 Å². The quantitative estimate of drug-likeness (QED) is 0.279. The maximum Gasteiger partial charge on any atom is 0.339 e. The molecule has 0 saturated carbocycles. The summed E-state index contributed by atoms with van der Waals surface area (Å²) in [5.74, 6) is -1.68. The molecule has 0 atom stereocenters. The van der Waals surface area contributed by atoms with E-state index in [9.17, 15) is 22.8 Å². The van der Waals surface area contributed by atoms with Crippen molar-refractivity contribution in [3.63, 3.8) is 0 Å². The lowest BCUT2D eigenvalue weighted by molar-refractivity contribution is -0.122. The van der Waals surface area contributed by atoms with E-state index in [4.69, 9.17) is 20.5 Å². The molecule has 1 N–H and O–H groups in total. The summed E-state index contributed by atoms with van der Waals surface area (Å²) in [6, 6.07) is 17.0. The molecule has 184 valence electrons. The first kappa shape index (κ1) is 25.0. The number of barbiturate groups is 1. The van der Waals surface area contributed by atoms with Crippen molar-refractivity contribution in [1.29, 1.82) is 0 Å². The highest BCUT2D eigenvalue weighted by molar-refractivity contribution is 7.87. The van der Waals surface area contributed by atoms with E-state index in [-0.39, 0.29) is 28.6 Å². The lowest BCUT2D eigenvalue weighted by Gasteiger charge is -2.26. The fourth-order valence-electron chi connectivity index (χ4n) is 3.35. The van der Waals surface area contributed by atoms with E-state index in [1.54, 1.807) is 37.3 Å². The summed E-state index contributed by atoms with van der Waals surface area (Å²) in [5, 5.41) is 2.52. The molecule has 4 amide bonds. The number of halogens is 1. The number of ether oxygens (including phenoxy) is 1. The van der Waals surface area contributed by atoms with Gasteiger partial charge in [-0.15, -0.1) is 0 Å². The van der Waals surface area contributed by atoms with Gasteiger partial charge in [-0.3, -0.25) is 14.9 Å². The predicted octanol–water partition coefficient (Wildman–Crippen LogP) is 4.17. The number of carbonyl (C=O) groups excluding carboxylic acids is 3. The molecule has 0 spiro atoms. The first-order valence-corrected chi connectivity index (χ1v) is 12.4. The van der Waals surface area contributed by atoms with Gasteiger partial charge in [0.05, 0.1) is 12.3 Å². The van der Waals surface area contributed by atoms with Crippen molar-refractivity contribution in [3.8, 4) is 11.5 Å². The third kappa shape index (κ3) is 5.24. The molecule has 1 fully saturated rings. The Morgan fingerprint density at radius 3 is 2.31 bits per heavy atom. The smallest absolute Gasteiger partial charge is 0.339 e. The van der Waals surface area contributed by atoms with E-state index in [1.807, 2.05) is 0 Å². The Hall–Kier alpha value is -4.15. The second kappa shape index (κ2) is 10.2. The van der Waals surface area contributed by atoms with Crippen LogP contribution >= 0.6 is 11.6 Å². The highest BCUT2D eigenvalue weighted by Gasteiger charge is 2.36. The Kier molecular flexibility index (Phi) is 7.09. The summed E-state index contributed by atoms with van der Waals surface area (Å²) >= 11 is 5.82. The molecule has 11 heteroatoms. The first-order chi connectivity index (χ1) is 17.2. The van der Waals surface area contributed by atoms with Crippen LogP contribution in [0.2, 0.25) is 5.02 Å². The molecule has 3 aromatic rings. The number of nitrogens with zero attached hydrogens (tertiary/aromatic N) is 1. The van der Waals surface area contributed by atoms with E-state index in [1.165, 1.54) is 48.5 Å². The second-order valence-corrected chi connectivity index (χ2v) is 9.41. The molecule has 4 rings (SSSR count). The van der Waals surface area contributed by atoms with Gasteiger partial charge in [0.1, 0.15) is 10.5 Å². The van der Waals surface area contributed by atoms with E-state index >= 15 is 0 Å². The van der Waals surface area contributed by atoms with Crippen molar-refractivity contribution in [1.82, 2.24) is 5.32 Å². The van der Waals surface area contributed by atoms with E-state index in [2.05, 4.69) is 5.32 Å². The Labute approximate surface area is 212 Å². The number of anilines is 1. The monoisotopic (exact) mass is 526 g/mol. The van der Waals surface area contributed by atoms with E-state index < -0.39 is 28.0 Å². The van der Waals surface area contributed by atoms with Gasteiger partial charge in [0, 0.05) is 5.02 Å². The van der Waals surface area contributed by atoms with Crippen molar-refractivity contribution >= 4 is 51.3 Å². The van der Waals surface area contributed by atoms with Crippen LogP contribution in [-0.2, 0) is 19.7 Å². The summed E-state index contributed by atoms with van der Waals surface area (Å²) in [5.41, 5.74) is 0.350. The molecule has 1 heterocycles. The maximum absolute atomic E-state index is 13.0. The number of urea groups is 1. The topological polar surface area (TPSA) is 119 Å². The number of hydrogen-bond donors (Lipinski definition) is 1. The zero-order valence-electron chi connectivity index (χ0n) is 18.8. The minimum atomic E-state index is -4.19. The number of amides is 4. The number of carbonyl (C=O) groups is 3. The van der Waals surface area contributed by atoms with Gasteiger partial charge < -0.3 is 8.92 Å². The predicted molar refractivity (Wildman–Crippen MR) is 132 cm³/mol. The fourth-order valence-corrected chi connectivity index (χ4v) is 4.42. The molecule has 0 unspecified atom stereocenters. The number of imide groups is 2. The third-order valence-corrected chi connectivity index (χ3v) is 6.50. The van der Waals surface area contributed by atoms with Crippen LogP contribution in [0.4, 0.5) is 10.5 Å². The van der Waals surface area contributed by atoms with Crippen molar-refractivity contribution in [2.45, 2.75) is 11.8 Å². The molecular formula is C25H19ClN2O7S. The molecule has 0 aromatic heterocycles. The van der Waals surface area contributed by atoms with Crippen LogP contribution in [0.5, 0.6) is 11.5 Å². The van der Waals surface area contributed by atoms with Gasteiger partial charge >= 0.3 is 16.1 Å². The molecule has 1 aliphatic rings. The van der Waals surface area contributed by atoms with Gasteiger partial charge in [0.15, 0.2) is 11.5 Å². The average molecular weight is 527 g/mol. The van der Waals surface area contributed by atoms with E-state index in [0.717, 1.165) is 4.90 Å². The number of nitrogens with one attached hydrogen (secondary N) is 1. The van der Waals surface area contributed by atoms with Gasteiger partial charge in [-0.05, 0) is 67.1 Å². The first-order valence-electron chi connectivity index (χ1n) is 10.6. The van der Waals surface area contributed by atoms with Crippen LogP contribution in [0.1, 0.15) is 12.5 Å². The fraction of sp³-hybridized carbons (Fsp3) is 0.0800. The van der Waals surface area contributed by atoms with Crippen LogP contribution in [0, 0.1) is 0 Å². The summed E-state index contributed by atoms with van der Waals surface area (Å²) in [7, 11) is -4.19. The summed E-state index contributed by atoms with van der Waals surface area (Å²) in [6.07, 6.45) is 1.28. The summed E-state index contributed by atoms with van der Waals surface area (Å²) in [4.78, 5) is 38.5. The van der Waals surface area contributed by atoms with Gasteiger partial charge in [-0.1, -0.05) is 35.9 Å². The number of benzene rings is 3. The standard InChI is InChI=1S/C25H19ClN2O7S/c1-2-34-22-15-16(8-13-21(22)35-36(32,33)19-11-9-17(26)10-12-19)14-20-23(29)27-25(31)28(24(20)30)18-6-4-3-5-7-18/h3-15H,2H2,1H3,(H,27,29,31)/b20-14+. The largest absolute Gasteiger partial charge is 0.490 e. The number of rotatable bonds is 7. The van der Waals surface area contributed by atoms with Gasteiger partial charge in [-0.2, -0.15) is 8.42 Å². The molecule has 3 aromatic carbocycles. The molecule has 36 heavy (non-hydrogen) atoms. The molecule has 1 saturated heterocycles. The van der Waals surface area contributed by atoms with Crippen molar-refractivity contribution < 1.29 is 31.7 Å². The highest BCUT2D eigenvalue weighted by Crippen LogP contribution is 2.32. The number of para-hydroxylation sites is 1. The van der Waals surface area contributed by atoms with Crippen molar-refractivity contribution in [2.75, 3.05) is 11.5 Å². The van der Waals surface area contributed by atoms with Gasteiger partial charge in [-0.25, -0.2) is 9.69 Å². The molecule has 1 aliphatic heterocycles. The zero-order valence-corrected chi connectivity index (χ0v) is 20.4. The normalized spacial score (nSPS) is 15.1. The van der Waals surface area contributed by atoms with Gasteiger partial charge in [0.2, 0.25) is 0 Å². The molecule has 9 nitrogen and oxygen atoms in total. The second-order valence-electron chi connectivity index (χ2n) is 7.42. The van der Waals surface area contributed by atoms with E-state index in [0.29, 0.717) is 16.3 Å². The maximum atomic E-state index is 13.0. The van der Waals surface area contributed by atoms with Crippen molar-refractivity contribution in [3.05, 3.63) is 89.0 Å². The average Bonchev–Trinajstić information content (AvgIpc) is 2.84. The van der Waals surface area contributed by atoms with Crippen LogP contribution in [0.25, 0.3) is 6.08 Å². The van der Waals surface area contributed by atoms with Crippen LogP contribution < -0.4 is 19.1 Å². The minimum absolute atomic E-state index is 0.0732. The Morgan fingerprint density at radius 2 is 1.64 bits per heavy atom. The zero-order chi connectivity index (χ0) is 25.9. The lowest BCUT2D eigenvalue weighted by Crippen LogP contribution is -2.54. The minimum Gasteiger partial charge on any atom is -0.490 e. The Morgan fingerprint density at radius 1 is 0.944 bits per heavy atom. The lowest BCUT2D eigenvalue weighted by atomic mass is 10.1. The molecule has 0 radical (unpaired) electrons. The highest BCUT2D eigenvalue weighted by atomic mass is 35.5. The van der Waals surface area contributed by atoms with Crippen molar-refractivity contribution in [2.24, 2.45) is 0 Å². The molecule has 0 bridgehead atoms. The van der Waals surface area contributed by atoms with Crippen LogP contribution in [0.3, 0.4) is 0 Å².